The predicted octanol–water partition coefficient (Wildman–Crippen LogP) is 0.736. The Hall–Kier alpha value is -2.42. The number of fused-ring (bicyclic) bond motifs is 1. The first-order valence-electron chi connectivity index (χ1n) is 12.5. The molecule has 5 rings (SSSR count). The summed E-state index contributed by atoms with van der Waals surface area (Å²) in [7, 11) is -3.76. The fourth-order valence-electron chi connectivity index (χ4n) is 5.25. The third-order valence-corrected chi connectivity index (χ3v) is 7.57. The van der Waals surface area contributed by atoms with Crippen LogP contribution in [0, 0.1) is 0 Å². The number of nitrogens with one attached hydrogen (secondary N) is 1. The Morgan fingerprint density at radius 3 is 2.51 bits per heavy atom. The smallest absolute Gasteiger partial charge is 0.373 e. The number of piperidine rings is 1. The lowest BCUT2D eigenvalue weighted by atomic mass is 10.0. The van der Waals surface area contributed by atoms with Crippen molar-refractivity contribution in [2.75, 3.05) is 19.6 Å². The first kappa shape index (κ1) is 27.6. The minimum absolute atomic E-state index is 0.0356. The minimum atomic E-state index is -3.76. The lowest BCUT2D eigenvalue weighted by Gasteiger charge is -2.36. The van der Waals surface area contributed by atoms with E-state index in [1.54, 1.807) is 10.9 Å². The third-order valence-electron chi connectivity index (χ3n) is 6.64. The van der Waals surface area contributed by atoms with Crippen molar-refractivity contribution in [1.82, 2.24) is 25.2 Å². The van der Waals surface area contributed by atoms with Crippen LogP contribution in [0.1, 0.15) is 56.6 Å². The zero-order chi connectivity index (χ0) is 27.0. The molecule has 3 fully saturated rings. The average Bonchev–Trinajstić information content (AvgIpc) is 3.17. The highest BCUT2D eigenvalue weighted by atomic mass is 32.2. The molecule has 0 unspecified atom stereocenters. The number of aromatic nitrogens is 3. The largest absolute Gasteiger partial charge is 0.383 e. The van der Waals surface area contributed by atoms with Crippen LogP contribution in [0.2, 0.25) is 0 Å². The summed E-state index contributed by atoms with van der Waals surface area (Å²) in [5, 5.41) is 25.6. The van der Waals surface area contributed by atoms with Gasteiger partial charge in [-0.1, -0.05) is 19.1 Å². The molecule has 4 heterocycles. The molecule has 0 aliphatic carbocycles. The van der Waals surface area contributed by atoms with E-state index in [2.05, 4.69) is 31.8 Å². The Morgan fingerprint density at radius 1 is 1.24 bits per heavy atom. The number of nitrogens with two attached hydrogens (primary N) is 1. The SMILES string of the molecule is CCCN1C[C@@H](O)[C@@H]2[O+]3C(C)(C)O[C@@]23C1.CCCn1cc(CNC(=O)c2ccc(S(N)(=O)=O)cc2)nn1. The van der Waals surface area contributed by atoms with E-state index in [0.29, 0.717) is 11.3 Å². The summed E-state index contributed by atoms with van der Waals surface area (Å²) in [6.45, 7) is 12.1. The standard InChI is InChI=1S/C13H17N5O3S.C11H20NO3/c1-2-7-18-9-11(16-17-18)8-15-13(19)10-3-5-12(6-4-10)22(14,20)21;1-4-5-12-6-8(13)9-11(7-12)14-10(2,3)15(9)11/h3-6,9H,2,7-8H2,1H3,(H,15,19)(H2,14,20,21);8-9,13H,4-7H2,1-3H3/q;+1/t;8-,9+,11-/m.1/s1. The van der Waals surface area contributed by atoms with Crippen LogP contribution in [0.15, 0.2) is 35.4 Å². The number of carbonyl (C=O) groups is 1. The number of aliphatic hydroxyl groups excluding tert-OH is 1. The van der Waals surface area contributed by atoms with Gasteiger partial charge in [-0.2, -0.15) is 0 Å². The van der Waals surface area contributed by atoms with Gasteiger partial charge < -0.3 is 14.8 Å². The number of β-amino-alcohol motifs (C(OH)–C–C–N with tert-alkyl or cyclic N) is 1. The average molecular weight is 538 g/mol. The van der Waals surface area contributed by atoms with Gasteiger partial charge in [0.15, 0.2) is 0 Å². The molecule has 0 radical (unpaired) electrons. The second-order valence-corrected chi connectivity index (χ2v) is 11.7. The molecule has 3 atom stereocenters. The summed E-state index contributed by atoms with van der Waals surface area (Å²) in [5.74, 6) is -0.782. The Bertz CT molecular complexity index is 1210. The Balaban J connectivity index is 0.000000184. The maximum atomic E-state index is 12.0. The fraction of sp³-hybridized carbons (Fsp3) is 0.625. The van der Waals surface area contributed by atoms with E-state index in [-0.39, 0.29) is 41.1 Å². The molecule has 12 nitrogen and oxygen atoms in total. The number of benzene rings is 1. The second kappa shape index (κ2) is 10.4. The summed E-state index contributed by atoms with van der Waals surface area (Å²) in [4.78, 5) is 14.2. The van der Waals surface area contributed by atoms with Crippen molar-refractivity contribution >= 4 is 15.9 Å². The first-order chi connectivity index (χ1) is 17.4. The molecule has 1 spiro atoms. The molecule has 1 aromatic heterocycles. The number of rotatable bonds is 8. The van der Waals surface area contributed by atoms with Crippen LogP contribution < -0.4 is 10.5 Å². The summed E-state index contributed by atoms with van der Waals surface area (Å²) in [6, 6.07) is 5.40. The van der Waals surface area contributed by atoms with Gasteiger partial charge in [0.25, 0.3) is 17.8 Å². The number of aliphatic hydroxyl groups is 1. The van der Waals surface area contributed by atoms with E-state index in [0.717, 1.165) is 39.0 Å². The van der Waals surface area contributed by atoms with E-state index < -0.39 is 10.0 Å². The molecule has 0 bridgehead atoms. The van der Waals surface area contributed by atoms with Gasteiger partial charge in [-0.15, -0.1) is 5.10 Å². The van der Waals surface area contributed by atoms with E-state index in [1.165, 1.54) is 24.3 Å². The van der Waals surface area contributed by atoms with Crippen molar-refractivity contribution in [3.8, 4) is 0 Å². The summed E-state index contributed by atoms with van der Waals surface area (Å²) in [6.07, 6.45) is 3.73. The summed E-state index contributed by atoms with van der Waals surface area (Å²) < 4.78 is 33.1. The zero-order valence-electron chi connectivity index (χ0n) is 21.8. The topological polar surface area (TPSA) is 155 Å². The molecule has 13 heteroatoms. The summed E-state index contributed by atoms with van der Waals surface area (Å²) in [5.41, 5.74) is 0.997. The molecule has 3 aliphatic heterocycles. The highest BCUT2D eigenvalue weighted by Crippen LogP contribution is 2.67. The van der Waals surface area contributed by atoms with Crippen LogP contribution in [0.5, 0.6) is 0 Å². The number of likely N-dealkylation sites (tertiary alicyclic amines) is 1. The molecule has 1 amide bonds. The molecule has 3 aliphatic rings. The minimum Gasteiger partial charge on any atom is -0.383 e. The monoisotopic (exact) mass is 537 g/mol. The normalized spacial score (nSPS) is 26.2. The van der Waals surface area contributed by atoms with Gasteiger partial charge in [0.2, 0.25) is 10.0 Å². The summed E-state index contributed by atoms with van der Waals surface area (Å²) >= 11 is 0. The quantitative estimate of drug-likeness (QED) is 0.329. The van der Waals surface area contributed by atoms with Crippen molar-refractivity contribution in [3.63, 3.8) is 0 Å². The van der Waals surface area contributed by atoms with Crippen LogP contribution >= 0.6 is 0 Å². The van der Waals surface area contributed by atoms with Crippen molar-refractivity contribution in [3.05, 3.63) is 41.7 Å². The van der Waals surface area contributed by atoms with Gasteiger partial charge in [0, 0.05) is 32.5 Å². The van der Waals surface area contributed by atoms with Gasteiger partial charge in [-0.3, -0.25) is 14.4 Å². The van der Waals surface area contributed by atoms with Gasteiger partial charge in [0.1, 0.15) is 18.3 Å². The molecular formula is C24H37N6O6S+. The number of amides is 1. The number of aryl methyl sites for hydroxylation is 1. The van der Waals surface area contributed by atoms with Crippen molar-refractivity contribution in [1.29, 1.82) is 0 Å². The van der Waals surface area contributed by atoms with E-state index in [4.69, 9.17) is 9.88 Å². The van der Waals surface area contributed by atoms with Gasteiger partial charge in [-0.25, -0.2) is 18.3 Å². The molecule has 1 aromatic carbocycles. The van der Waals surface area contributed by atoms with Crippen molar-refractivity contribution in [2.45, 2.75) is 82.3 Å². The highest BCUT2D eigenvalue weighted by Gasteiger charge is 2.93. The van der Waals surface area contributed by atoms with Crippen LogP contribution in [-0.2, 0) is 32.2 Å². The van der Waals surface area contributed by atoms with Crippen molar-refractivity contribution < 1.29 is 27.4 Å². The zero-order valence-corrected chi connectivity index (χ0v) is 22.6. The lowest BCUT2D eigenvalue weighted by molar-refractivity contribution is -0.447. The van der Waals surface area contributed by atoms with Gasteiger partial charge >= 0.3 is 5.79 Å². The predicted molar refractivity (Wildman–Crippen MR) is 135 cm³/mol. The third kappa shape index (κ3) is 5.71. The van der Waals surface area contributed by atoms with E-state index >= 15 is 0 Å². The van der Waals surface area contributed by atoms with E-state index in [1.807, 2.05) is 20.8 Å². The van der Waals surface area contributed by atoms with Gasteiger partial charge in [0.05, 0.1) is 17.6 Å². The molecule has 4 N–H and O–H groups in total. The van der Waals surface area contributed by atoms with E-state index in [9.17, 15) is 18.3 Å². The Morgan fingerprint density at radius 2 is 1.92 bits per heavy atom. The number of ether oxygens (including phenoxy) is 1. The lowest BCUT2D eigenvalue weighted by Crippen LogP contribution is -2.57. The molecule has 204 valence electrons. The fourth-order valence-corrected chi connectivity index (χ4v) is 5.76. The first-order valence-corrected chi connectivity index (χ1v) is 14.1. The van der Waals surface area contributed by atoms with Crippen LogP contribution in [0.3, 0.4) is 0 Å². The molecule has 0 saturated carbocycles. The number of primary sulfonamides is 1. The Kier molecular flexibility index (Phi) is 7.75. The number of hydrogen-bond acceptors (Lipinski definition) is 8. The number of sulfonamides is 1. The van der Waals surface area contributed by atoms with Crippen LogP contribution in [-0.4, -0.2) is 82.7 Å². The molecule has 37 heavy (non-hydrogen) atoms. The maximum Gasteiger partial charge on any atom is 0.373 e. The second-order valence-electron chi connectivity index (χ2n) is 10.1. The van der Waals surface area contributed by atoms with Crippen LogP contribution in [0.4, 0.5) is 0 Å². The van der Waals surface area contributed by atoms with Crippen molar-refractivity contribution in [2.24, 2.45) is 5.14 Å². The van der Waals surface area contributed by atoms with Gasteiger partial charge in [-0.05, 0) is 43.7 Å². The van der Waals surface area contributed by atoms with Crippen LogP contribution in [0.25, 0.3) is 0 Å². The molecular weight excluding hydrogens is 500 g/mol. The molecule has 2 aromatic rings. The number of nitrogens with zero attached hydrogens (tertiary/aromatic N) is 4. The molecule has 3 saturated heterocycles. The highest BCUT2D eigenvalue weighted by molar-refractivity contribution is 7.89. The maximum absolute atomic E-state index is 12.0. The number of carbonyl (C=O) groups excluding carboxylic acids is 1. The number of epoxide rings is 1. The Labute approximate surface area is 217 Å². The number of hydrogen-bond donors (Lipinski definition) is 3.